The van der Waals surface area contributed by atoms with Crippen molar-refractivity contribution < 1.29 is 19.8 Å². The monoisotopic (exact) mass is 230 g/mol. The van der Waals surface area contributed by atoms with Crippen LogP contribution in [0.3, 0.4) is 0 Å². The summed E-state index contributed by atoms with van der Waals surface area (Å²) in [5, 5.41) is 18.2. The van der Waals surface area contributed by atoms with Crippen LogP contribution in [-0.4, -0.2) is 34.0 Å². The van der Waals surface area contributed by atoms with Crippen LogP contribution in [0.1, 0.15) is 52.4 Å². The Labute approximate surface area is 96.7 Å². The lowest BCUT2D eigenvalue weighted by molar-refractivity contribution is -0.134. The highest BCUT2D eigenvalue weighted by atomic mass is 16.3. The predicted molar refractivity (Wildman–Crippen MR) is 61.1 cm³/mol. The third-order valence-electron chi connectivity index (χ3n) is 2.50. The molecule has 0 saturated heterocycles. The second kappa shape index (κ2) is 8.42. The van der Waals surface area contributed by atoms with E-state index in [0.29, 0.717) is 6.42 Å². The fourth-order valence-electron chi connectivity index (χ4n) is 1.38. The van der Waals surface area contributed by atoms with Gasteiger partial charge in [-0.05, 0) is 13.3 Å². The summed E-state index contributed by atoms with van der Waals surface area (Å²) in [5.74, 6) is -0.404. The number of unbranched alkanes of at least 4 members (excludes halogenated alkanes) is 2. The first-order valence-electron chi connectivity index (χ1n) is 5.89. The van der Waals surface area contributed by atoms with Gasteiger partial charge in [-0.25, -0.2) is 0 Å². The molecule has 0 aromatic carbocycles. The highest BCUT2D eigenvalue weighted by Crippen LogP contribution is 2.06. The predicted octanol–water partition coefficient (Wildman–Crippen LogP) is 1.23. The smallest absolute Gasteiger partial charge is 0.164 e. The van der Waals surface area contributed by atoms with Crippen LogP contribution in [0.25, 0.3) is 0 Å². The van der Waals surface area contributed by atoms with Crippen LogP contribution in [0.4, 0.5) is 0 Å². The first-order valence-corrected chi connectivity index (χ1v) is 5.89. The van der Waals surface area contributed by atoms with E-state index < -0.39 is 18.0 Å². The van der Waals surface area contributed by atoms with Crippen molar-refractivity contribution in [1.82, 2.24) is 0 Å². The van der Waals surface area contributed by atoms with E-state index in [-0.39, 0.29) is 18.6 Å². The highest BCUT2D eigenvalue weighted by molar-refractivity contribution is 5.88. The molecule has 2 N–H and O–H groups in total. The van der Waals surface area contributed by atoms with E-state index in [0.717, 1.165) is 19.3 Å². The van der Waals surface area contributed by atoms with E-state index in [9.17, 15) is 14.7 Å². The average molecular weight is 230 g/mol. The summed E-state index contributed by atoms with van der Waals surface area (Å²) in [5.41, 5.74) is 0. The van der Waals surface area contributed by atoms with Crippen LogP contribution in [0.15, 0.2) is 0 Å². The Morgan fingerprint density at radius 1 is 1.06 bits per heavy atom. The number of ketones is 2. The number of rotatable bonds is 9. The van der Waals surface area contributed by atoms with Crippen LogP contribution >= 0.6 is 0 Å². The van der Waals surface area contributed by atoms with Crippen LogP contribution in [-0.2, 0) is 9.59 Å². The molecule has 0 aromatic heterocycles. The van der Waals surface area contributed by atoms with Crippen molar-refractivity contribution in [1.29, 1.82) is 0 Å². The molecule has 0 aliphatic heterocycles. The van der Waals surface area contributed by atoms with Gasteiger partial charge in [-0.2, -0.15) is 0 Å². The van der Waals surface area contributed by atoms with E-state index in [2.05, 4.69) is 6.92 Å². The fraction of sp³-hybridized carbons (Fsp3) is 0.833. The summed E-state index contributed by atoms with van der Waals surface area (Å²) in [6.07, 6.45) is 1.23. The molecule has 0 amide bonds. The van der Waals surface area contributed by atoms with Crippen molar-refractivity contribution in [3.63, 3.8) is 0 Å². The average Bonchev–Trinajstić information content (AvgIpc) is 2.25. The normalized spacial score (nSPS) is 14.5. The Kier molecular flexibility index (Phi) is 8.03. The molecule has 94 valence electrons. The minimum Gasteiger partial charge on any atom is -0.390 e. The maximum Gasteiger partial charge on any atom is 0.164 e. The third kappa shape index (κ3) is 6.69. The van der Waals surface area contributed by atoms with Gasteiger partial charge in [0.25, 0.3) is 0 Å². The molecular weight excluding hydrogens is 208 g/mol. The largest absolute Gasteiger partial charge is 0.390 e. The molecule has 0 spiro atoms. The van der Waals surface area contributed by atoms with Gasteiger partial charge in [0, 0.05) is 19.3 Å². The zero-order valence-electron chi connectivity index (χ0n) is 10.1. The molecule has 0 rings (SSSR count). The van der Waals surface area contributed by atoms with Gasteiger partial charge in [0.15, 0.2) is 5.78 Å². The molecule has 0 saturated carbocycles. The topological polar surface area (TPSA) is 74.6 Å². The Hall–Kier alpha value is -0.740. The number of Topliss-reactive ketones (excluding diaryl/α,β-unsaturated/α-hetero) is 2. The highest BCUT2D eigenvalue weighted by Gasteiger charge is 2.20. The van der Waals surface area contributed by atoms with Gasteiger partial charge in [-0.1, -0.05) is 19.8 Å². The number of hydrogen-bond donors (Lipinski definition) is 2. The van der Waals surface area contributed by atoms with E-state index in [4.69, 9.17) is 5.11 Å². The number of carbonyl (C=O) groups excluding carboxylic acids is 2. The van der Waals surface area contributed by atoms with E-state index in [1.807, 2.05) is 0 Å². The minimum absolute atomic E-state index is 0.0248. The zero-order chi connectivity index (χ0) is 12.6. The van der Waals surface area contributed by atoms with Crippen LogP contribution < -0.4 is 0 Å². The minimum atomic E-state index is -1.36. The Balaban J connectivity index is 3.71. The number of carbonyl (C=O) groups is 2. The van der Waals surface area contributed by atoms with Crippen LogP contribution in [0.5, 0.6) is 0 Å². The molecular formula is C12H22O4. The van der Waals surface area contributed by atoms with Gasteiger partial charge in [-0.3, -0.25) is 9.59 Å². The zero-order valence-corrected chi connectivity index (χ0v) is 10.1. The quantitative estimate of drug-likeness (QED) is 0.584. The first-order chi connectivity index (χ1) is 7.49. The molecule has 4 nitrogen and oxygen atoms in total. The van der Waals surface area contributed by atoms with Gasteiger partial charge in [-0.15, -0.1) is 0 Å². The lowest BCUT2D eigenvalue weighted by atomic mass is 10.0. The number of aliphatic hydroxyl groups excluding tert-OH is 2. The van der Waals surface area contributed by atoms with E-state index in [1.165, 1.54) is 6.92 Å². The summed E-state index contributed by atoms with van der Waals surface area (Å²) in [7, 11) is 0. The Bertz CT molecular complexity index is 223. The summed E-state index contributed by atoms with van der Waals surface area (Å²) in [6.45, 7) is 3.42. The van der Waals surface area contributed by atoms with Gasteiger partial charge < -0.3 is 10.2 Å². The van der Waals surface area contributed by atoms with Crippen LogP contribution in [0, 0.1) is 0 Å². The SMILES string of the molecule is CCCCCC(=O)CCC(=O)[C@H](O)[C@H](C)O. The second-order valence-corrected chi connectivity index (χ2v) is 4.15. The van der Waals surface area contributed by atoms with Crippen molar-refractivity contribution in [2.45, 2.75) is 64.6 Å². The van der Waals surface area contributed by atoms with Gasteiger partial charge in [0.2, 0.25) is 0 Å². The maximum absolute atomic E-state index is 11.3. The lowest BCUT2D eigenvalue weighted by Crippen LogP contribution is -2.31. The molecule has 0 fully saturated rings. The first kappa shape index (κ1) is 15.3. The summed E-state index contributed by atoms with van der Waals surface area (Å²) in [6, 6.07) is 0. The fourth-order valence-corrected chi connectivity index (χ4v) is 1.38. The number of hydrogen-bond acceptors (Lipinski definition) is 4. The molecule has 2 atom stereocenters. The standard InChI is InChI=1S/C12H22O4/c1-3-4-5-6-10(14)7-8-11(15)12(16)9(2)13/h9,12-13,16H,3-8H2,1-2H3/t9-,12+/m0/s1. The van der Waals surface area contributed by atoms with Crippen molar-refractivity contribution in [3.05, 3.63) is 0 Å². The third-order valence-corrected chi connectivity index (χ3v) is 2.50. The van der Waals surface area contributed by atoms with Gasteiger partial charge in [0.05, 0.1) is 6.10 Å². The van der Waals surface area contributed by atoms with Gasteiger partial charge >= 0.3 is 0 Å². The van der Waals surface area contributed by atoms with Crippen molar-refractivity contribution in [2.24, 2.45) is 0 Å². The second-order valence-electron chi connectivity index (χ2n) is 4.15. The van der Waals surface area contributed by atoms with E-state index in [1.54, 1.807) is 0 Å². The van der Waals surface area contributed by atoms with Crippen molar-refractivity contribution >= 4 is 11.6 Å². The van der Waals surface area contributed by atoms with Crippen molar-refractivity contribution in [2.75, 3.05) is 0 Å². The lowest BCUT2D eigenvalue weighted by Gasteiger charge is -2.11. The molecule has 4 heteroatoms. The molecule has 0 aliphatic carbocycles. The summed E-state index contributed by atoms with van der Waals surface area (Å²) < 4.78 is 0. The van der Waals surface area contributed by atoms with Gasteiger partial charge in [0.1, 0.15) is 11.9 Å². The van der Waals surface area contributed by atoms with Crippen LogP contribution in [0.2, 0.25) is 0 Å². The molecule has 0 radical (unpaired) electrons. The number of aliphatic hydroxyl groups is 2. The van der Waals surface area contributed by atoms with Crippen molar-refractivity contribution in [3.8, 4) is 0 Å². The summed E-state index contributed by atoms with van der Waals surface area (Å²) in [4.78, 5) is 22.6. The van der Waals surface area contributed by atoms with E-state index >= 15 is 0 Å². The molecule has 0 unspecified atom stereocenters. The molecule has 0 bridgehead atoms. The molecule has 0 aliphatic rings. The summed E-state index contributed by atoms with van der Waals surface area (Å²) >= 11 is 0. The maximum atomic E-state index is 11.3. The Morgan fingerprint density at radius 2 is 1.69 bits per heavy atom. The molecule has 16 heavy (non-hydrogen) atoms. The molecule has 0 aromatic rings. The Morgan fingerprint density at radius 3 is 2.19 bits per heavy atom. The molecule has 0 heterocycles.